The number of ether oxygens (including phenoxy) is 1. The lowest BCUT2D eigenvalue weighted by atomic mass is 10.2. The molecule has 0 saturated carbocycles. The Bertz CT molecular complexity index is 1200. The molecule has 0 aliphatic carbocycles. The SMILES string of the molecule is O=C(COc1ccc(F)cc1)NNC(=O)c1ccc(NS(=O)(=O)c2ccc(F)cc2)cc1. The summed E-state index contributed by atoms with van der Waals surface area (Å²) in [5, 5.41) is 0. The maximum atomic E-state index is 13.0. The van der Waals surface area contributed by atoms with Crippen molar-refractivity contribution in [2.45, 2.75) is 4.90 Å². The van der Waals surface area contributed by atoms with Crippen LogP contribution in [-0.2, 0) is 14.8 Å². The summed E-state index contributed by atoms with van der Waals surface area (Å²) in [6.07, 6.45) is 0. The molecule has 3 N–H and O–H groups in total. The zero-order valence-electron chi connectivity index (χ0n) is 16.3. The molecule has 0 bridgehead atoms. The van der Waals surface area contributed by atoms with Crippen LogP contribution in [0.15, 0.2) is 77.7 Å². The van der Waals surface area contributed by atoms with Crippen molar-refractivity contribution in [3.63, 3.8) is 0 Å². The monoisotopic (exact) mass is 461 g/mol. The van der Waals surface area contributed by atoms with Crippen LogP contribution in [0.1, 0.15) is 10.4 Å². The van der Waals surface area contributed by atoms with Crippen LogP contribution in [0.25, 0.3) is 0 Å². The van der Waals surface area contributed by atoms with Gasteiger partial charge in [0, 0.05) is 11.3 Å². The van der Waals surface area contributed by atoms with Gasteiger partial charge in [0.2, 0.25) is 0 Å². The van der Waals surface area contributed by atoms with E-state index >= 15 is 0 Å². The van der Waals surface area contributed by atoms with E-state index in [-0.39, 0.29) is 21.9 Å². The maximum absolute atomic E-state index is 13.0. The van der Waals surface area contributed by atoms with Crippen molar-refractivity contribution in [2.24, 2.45) is 0 Å². The fourth-order valence-electron chi connectivity index (χ4n) is 2.43. The highest BCUT2D eigenvalue weighted by Crippen LogP contribution is 2.17. The van der Waals surface area contributed by atoms with Crippen LogP contribution < -0.4 is 20.3 Å². The third-order valence-corrected chi connectivity index (χ3v) is 5.42. The molecule has 2 amide bonds. The summed E-state index contributed by atoms with van der Waals surface area (Å²) in [5.74, 6) is -2.01. The number of hydrogen-bond donors (Lipinski definition) is 3. The van der Waals surface area contributed by atoms with Crippen LogP contribution in [-0.4, -0.2) is 26.8 Å². The molecule has 0 atom stereocenters. The topological polar surface area (TPSA) is 114 Å². The molecule has 11 heteroatoms. The highest BCUT2D eigenvalue weighted by Gasteiger charge is 2.15. The first-order valence-corrected chi connectivity index (χ1v) is 10.6. The molecule has 0 fully saturated rings. The number of halogens is 2. The zero-order chi connectivity index (χ0) is 23.1. The molecular weight excluding hydrogens is 444 g/mol. The summed E-state index contributed by atoms with van der Waals surface area (Å²) in [4.78, 5) is 23.8. The summed E-state index contributed by atoms with van der Waals surface area (Å²) >= 11 is 0. The molecule has 0 unspecified atom stereocenters. The number of anilines is 1. The van der Waals surface area contributed by atoms with E-state index in [4.69, 9.17) is 4.74 Å². The standard InChI is InChI=1S/C21H17F2N3O5S/c22-15-3-9-18(10-4-15)31-13-20(27)24-25-21(28)14-1-7-17(8-2-14)26-32(29,30)19-11-5-16(23)6-12-19/h1-12,26H,13H2,(H,24,27)(H,25,28). The summed E-state index contributed by atoms with van der Waals surface area (Å²) < 4.78 is 57.9. The number of hydrogen-bond acceptors (Lipinski definition) is 5. The number of carbonyl (C=O) groups excluding carboxylic acids is 2. The second-order valence-electron chi connectivity index (χ2n) is 6.38. The van der Waals surface area contributed by atoms with E-state index in [0.29, 0.717) is 0 Å². The molecule has 3 aromatic rings. The number of nitrogens with one attached hydrogen (secondary N) is 3. The highest BCUT2D eigenvalue weighted by atomic mass is 32.2. The number of benzene rings is 3. The summed E-state index contributed by atoms with van der Waals surface area (Å²) in [7, 11) is -3.93. The minimum Gasteiger partial charge on any atom is -0.484 e. The normalized spacial score (nSPS) is 10.8. The smallest absolute Gasteiger partial charge is 0.276 e. The number of carbonyl (C=O) groups is 2. The molecule has 3 rings (SSSR count). The Kier molecular flexibility index (Phi) is 7.00. The van der Waals surface area contributed by atoms with Crippen LogP contribution >= 0.6 is 0 Å². The first-order chi connectivity index (χ1) is 15.2. The Hall–Kier alpha value is -3.99. The molecule has 0 radical (unpaired) electrons. The number of amides is 2. The van der Waals surface area contributed by atoms with Crippen molar-refractivity contribution in [1.29, 1.82) is 0 Å². The Labute approximate surface area is 182 Å². The molecule has 0 spiro atoms. The molecule has 0 saturated heterocycles. The van der Waals surface area contributed by atoms with Crippen molar-refractivity contribution < 1.29 is 31.5 Å². The van der Waals surface area contributed by atoms with Gasteiger partial charge in [-0.1, -0.05) is 0 Å². The van der Waals surface area contributed by atoms with Gasteiger partial charge in [0.05, 0.1) is 4.90 Å². The second kappa shape index (κ2) is 9.88. The van der Waals surface area contributed by atoms with Gasteiger partial charge in [0.15, 0.2) is 6.61 Å². The summed E-state index contributed by atoms with van der Waals surface area (Å²) in [6.45, 7) is -0.407. The molecule has 166 valence electrons. The molecule has 0 aromatic heterocycles. The Morgan fingerprint density at radius 2 is 1.34 bits per heavy atom. The van der Waals surface area contributed by atoms with Gasteiger partial charge in [0.25, 0.3) is 21.8 Å². The predicted octanol–water partition coefficient (Wildman–Crippen LogP) is 2.61. The van der Waals surface area contributed by atoms with Crippen molar-refractivity contribution in [1.82, 2.24) is 10.9 Å². The molecular formula is C21H17F2N3O5S. The lowest BCUT2D eigenvalue weighted by Crippen LogP contribution is -2.43. The number of hydrazine groups is 1. The van der Waals surface area contributed by atoms with Crippen molar-refractivity contribution in [3.8, 4) is 5.75 Å². The summed E-state index contributed by atoms with van der Waals surface area (Å²) in [6, 6.07) is 14.8. The second-order valence-corrected chi connectivity index (χ2v) is 8.06. The first-order valence-electron chi connectivity index (χ1n) is 9.09. The minimum atomic E-state index is -3.93. The lowest BCUT2D eigenvalue weighted by molar-refractivity contribution is -0.123. The number of rotatable bonds is 7. The largest absolute Gasteiger partial charge is 0.484 e. The fourth-order valence-corrected chi connectivity index (χ4v) is 3.49. The van der Waals surface area contributed by atoms with Gasteiger partial charge in [-0.25, -0.2) is 17.2 Å². The predicted molar refractivity (Wildman–Crippen MR) is 111 cm³/mol. The van der Waals surface area contributed by atoms with Crippen molar-refractivity contribution >= 4 is 27.5 Å². The van der Waals surface area contributed by atoms with E-state index in [9.17, 15) is 26.8 Å². The molecule has 0 aliphatic heterocycles. The lowest BCUT2D eigenvalue weighted by Gasteiger charge is -2.10. The Morgan fingerprint density at radius 3 is 1.94 bits per heavy atom. The minimum absolute atomic E-state index is 0.119. The van der Waals surface area contributed by atoms with E-state index in [1.54, 1.807) is 0 Å². The molecule has 0 aliphatic rings. The van der Waals surface area contributed by atoms with Gasteiger partial charge in [-0.3, -0.25) is 25.2 Å². The zero-order valence-corrected chi connectivity index (χ0v) is 17.2. The Balaban J connectivity index is 1.50. The third kappa shape index (κ3) is 6.25. The van der Waals surface area contributed by atoms with Crippen LogP contribution in [0, 0.1) is 11.6 Å². The first kappa shape index (κ1) is 22.7. The van der Waals surface area contributed by atoms with Gasteiger partial charge in [-0.05, 0) is 72.8 Å². The van der Waals surface area contributed by atoms with Crippen molar-refractivity contribution in [3.05, 3.63) is 90.0 Å². The van der Waals surface area contributed by atoms with E-state index < -0.39 is 40.1 Å². The van der Waals surface area contributed by atoms with Gasteiger partial charge in [-0.2, -0.15) is 0 Å². The average Bonchev–Trinajstić information content (AvgIpc) is 2.77. The van der Waals surface area contributed by atoms with E-state index in [2.05, 4.69) is 15.6 Å². The van der Waals surface area contributed by atoms with E-state index in [0.717, 1.165) is 24.3 Å². The molecule has 3 aromatic carbocycles. The van der Waals surface area contributed by atoms with E-state index in [1.807, 2.05) is 0 Å². The van der Waals surface area contributed by atoms with Gasteiger partial charge < -0.3 is 4.74 Å². The number of sulfonamides is 1. The quantitative estimate of drug-likeness (QED) is 0.468. The van der Waals surface area contributed by atoms with E-state index in [1.165, 1.54) is 48.5 Å². The summed E-state index contributed by atoms with van der Waals surface area (Å²) in [5.41, 5.74) is 4.68. The highest BCUT2D eigenvalue weighted by molar-refractivity contribution is 7.92. The van der Waals surface area contributed by atoms with Gasteiger partial charge in [-0.15, -0.1) is 0 Å². The molecule has 32 heavy (non-hydrogen) atoms. The maximum Gasteiger partial charge on any atom is 0.276 e. The van der Waals surface area contributed by atoms with Crippen LogP contribution in [0.4, 0.5) is 14.5 Å². The van der Waals surface area contributed by atoms with Crippen molar-refractivity contribution in [2.75, 3.05) is 11.3 Å². The third-order valence-electron chi connectivity index (χ3n) is 4.02. The van der Waals surface area contributed by atoms with Crippen LogP contribution in [0.2, 0.25) is 0 Å². The molecule has 8 nitrogen and oxygen atoms in total. The average molecular weight is 461 g/mol. The van der Waals surface area contributed by atoms with Crippen LogP contribution in [0.5, 0.6) is 5.75 Å². The van der Waals surface area contributed by atoms with Crippen LogP contribution in [0.3, 0.4) is 0 Å². The van der Waals surface area contributed by atoms with Gasteiger partial charge >= 0.3 is 0 Å². The van der Waals surface area contributed by atoms with Gasteiger partial charge in [0.1, 0.15) is 17.4 Å². The molecule has 0 heterocycles. The Morgan fingerprint density at radius 1 is 0.781 bits per heavy atom. The fraction of sp³-hybridized carbons (Fsp3) is 0.0476.